The van der Waals surface area contributed by atoms with E-state index in [-0.39, 0.29) is 31.3 Å². The predicted molar refractivity (Wildman–Crippen MR) is 234 cm³/mol. The van der Waals surface area contributed by atoms with Gasteiger partial charge in [0.05, 0.1) is 28.3 Å². The molecule has 0 spiro atoms. The zero-order valence-corrected chi connectivity index (χ0v) is 36.5. The number of nitrogens with zero attached hydrogens (tertiary/aromatic N) is 7. The van der Waals surface area contributed by atoms with Crippen molar-refractivity contribution in [1.82, 2.24) is 29.7 Å². The Bertz CT molecular complexity index is 2610. The lowest BCUT2D eigenvalue weighted by molar-refractivity contribution is -0.177. The van der Waals surface area contributed by atoms with Gasteiger partial charge in [-0.3, -0.25) is 4.90 Å². The fourth-order valence-corrected chi connectivity index (χ4v) is 9.10. The number of anilines is 1. The van der Waals surface area contributed by atoms with Gasteiger partial charge in [0.25, 0.3) is 0 Å². The van der Waals surface area contributed by atoms with Gasteiger partial charge < -0.3 is 33.9 Å². The summed E-state index contributed by atoms with van der Waals surface area (Å²) in [7, 11) is 2.12. The van der Waals surface area contributed by atoms with Crippen molar-refractivity contribution in [2.24, 2.45) is 0 Å². The zero-order chi connectivity index (χ0) is 45.0. The van der Waals surface area contributed by atoms with Gasteiger partial charge in [0.2, 0.25) is 12.0 Å². The van der Waals surface area contributed by atoms with Gasteiger partial charge in [-0.15, -0.1) is 11.3 Å². The lowest BCUT2D eigenvalue weighted by Crippen LogP contribution is -2.47. The van der Waals surface area contributed by atoms with Crippen LogP contribution in [0.25, 0.3) is 31.8 Å². The summed E-state index contributed by atoms with van der Waals surface area (Å²) >= 11 is 8.71. The summed E-state index contributed by atoms with van der Waals surface area (Å²) in [6.07, 6.45) is -3.50. The fraction of sp³-hybridized carbons (Fsp3) is 0.356. The van der Waals surface area contributed by atoms with Crippen molar-refractivity contribution in [3.63, 3.8) is 0 Å². The minimum absolute atomic E-state index is 0.0193. The van der Waals surface area contributed by atoms with Crippen LogP contribution < -0.4 is 19.1 Å². The summed E-state index contributed by atoms with van der Waals surface area (Å²) in [5.74, 6) is -0.877. The second kappa shape index (κ2) is 19.6. The number of carbonyl (C=O) groups is 1. The van der Waals surface area contributed by atoms with Crippen molar-refractivity contribution in [3.8, 4) is 38.9 Å². The molecule has 1 N–H and O–H groups in total. The fourth-order valence-electron chi connectivity index (χ4n) is 7.66. The van der Waals surface area contributed by atoms with Crippen LogP contribution in [-0.4, -0.2) is 119 Å². The highest BCUT2D eigenvalue weighted by molar-refractivity contribution is 7.22. The van der Waals surface area contributed by atoms with Crippen molar-refractivity contribution in [3.05, 3.63) is 107 Å². The molecule has 1 atom stereocenters. The van der Waals surface area contributed by atoms with Gasteiger partial charge in [-0.25, -0.2) is 29.1 Å². The maximum atomic E-state index is 14.3. The van der Waals surface area contributed by atoms with Gasteiger partial charge in [-0.05, 0) is 73.1 Å². The van der Waals surface area contributed by atoms with Crippen molar-refractivity contribution in [2.45, 2.75) is 38.8 Å². The molecule has 3 aromatic carbocycles. The quantitative estimate of drug-likeness (QED) is 0.126. The highest BCUT2D eigenvalue weighted by atomic mass is 35.5. The topological polar surface area (TPSA) is 136 Å². The minimum atomic E-state index is -4.50. The van der Waals surface area contributed by atoms with E-state index in [1.807, 2.05) is 19.1 Å². The summed E-state index contributed by atoms with van der Waals surface area (Å²) in [6, 6.07) is 16.7. The molecule has 0 radical (unpaired) electrons. The number of aromatic nitrogens is 4. The Morgan fingerprint density at radius 2 is 1.78 bits per heavy atom. The Hall–Kier alpha value is -5.66. The second-order valence-electron chi connectivity index (χ2n) is 15.5. The van der Waals surface area contributed by atoms with Crippen molar-refractivity contribution in [2.75, 3.05) is 71.0 Å². The third-order valence-corrected chi connectivity index (χ3v) is 12.7. The maximum Gasteiger partial charge on any atom is 0.411 e. The van der Waals surface area contributed by atoms with Gasteiger partial charge in [-0.2, -0.15) is 13.2 Å². The van der Waals surface area contributed by atoms with Crippen molar-refractivity contribution < 1.29 is 46.4 Å². The van der Waals surface area contributed by atoms with Gasteiger partial charge in [0, 0.05) is 67.9 Å². The standard InChI is InChI=1S/C45H44ClF4N7O6S/c1-27-33-8-9-34(40(27)46)57(18-17-56-15-13-55(2)14-16-56)19-20-61-32-7-10-35(62-23-31-11-12-51-37(54-31)24-60-25-45(48,49)50)29(21-32)22-36(44(58)59)63-42-39-38(33)41(64-43(39)53-26-52-42)28-3-5-30(47)6-4-28/h3-12,21,26,36H,13-20,22-25H2,1-2H3,(H,58,59)/t36-/m1/s1. The van der Waals surface area contributed by atoms with Crippen LogP contribution in [0.3, 0.4) is 0 Å². The number of hydrogen-bond acceptors (Lipinski definition) is 13. The SMILES string of the molecule is Cc1c2ccc(c1Cl)N(CCN1CCN(C)CC1)CCOc1ccc(OCc3ccnc(COCC(F)(F)F)n3)c(c1)C[C@H](C(=O)O)Oc1ncnc3sc(-c4ccc(F)cc4)c-2c13. The van der Waals surface area contributed by atoms with Crippen LogP contribution in [0.15, 0.2) is 73.2 Å². The first-order valence-corrected chi connectivity index (χ1v) is 21.7. The van der Waals surface area contributed by atoms with Crippen LogP contribution in [0.4, 0.5) is 23.2 Å². The van der Waals surface area contributed by atoms with E-state index in [0.717, 1.165) is 54.4 Å². The number of rotatable bonds is 11. The van der Waals surface area contributed by atoms with Gasteiger partial charge in [0.1, 0.15) is 54.9 Å². The second-order valence-corrected chi connectivity index (χ2v) is 16.9. The largest absolute Gasteiger partial charge is 0.492 e. The first-order valence-electron chi connectivity index (χ1n) is 20.5. The molecule has 0 unspecified atom stereocenters. The summed E-state index contributed by atoms with van der Waals surface area (Å²) in [6.45, 7) is 5.92. The molecule has 13 nitrogen and oxygen atoms in total. The molecule has 4 bridgehead atoms. The Labute approximate surface area is 375 Å². The van der Waals surface area contributed by atoms with Crippen LogP contribution in [0.1, 0.15) is 22.6 Å². The molecular weight excluding hydrogens is 878 g/mol. The lowest BCUT2D eigenvalue weighted by Gasteiger charge is -2.35. The lowest BCUT2D eigenvalue weighted by atomic mass is 9.95. The van der Waals surface area contributed by atoms with Crippen LogP contribution >= 0.6 is 22.9 Å². The highest BCUT2D eigenvalue weighted by Gasteiger charge is 2.30. The first-order chi connectivity index (χ1) is 30.8. The molecule has 0 saturated carbocycles. The molecule has 64 heavy (non-hydrogen) atoms. The molecule has 336 valence electrons. The molecule has 6 heterocycles. The van der Waals surface area contributed by atoms with Crippen LogP contribution in [0, 0.1) is 12.7 Å². The monoisotopic (exact) mass is 921 g/mol. The molecule has 19 heteroatoms. The minimum Gasteiger partial charge on any atom is -0.492 e. The Morgan fingerprint density at radius 3 is 2.55 bits per heavy atom. The van der Waals surface area contributed by atoms with Gasteiger partial charge in [-0.1, -0.05) is 29.8 Å². The molecule has 3 aromatic heterocycles. The van der Waals surface area contributed by atoms with Crippen molar-refractivity contribution >= 4 is 44.8 Å². The third-order valence-electron chi connectivity index (χ3n) is 11.1. The van der Waals surface area contributed by atoms with E-state index in [4.69, 9.17) is 30.5 Å². The number of ether oxygens (including phenoxy) is 4. The molecule has 0 aliphatic carbocycles. The number of likely N-dealkylation sites (N-methyl/N-ethyl adjacent to an activating group) is 1. The molecule has 0 amide bonds. The van der Waals surface area contributed by atoms with Crippen LogP contribution in [0.5, 0.6) is 17.4 Å². The number of halogens is 5. The summed E-state index contributed by atoms with van der Waals surface area (Å²) in [5.41, 5.74) is 4.47. The number of thiophene rings is 1. The molecule has 6 aromatic rings. The van der Waals surface area contributed by atoms with E-state index in [9.17, 15) is 27.5 Å². The normalized spacial score (nSPS) is 16.4. The molecule has 9 rings (SSSR count). The van der Waals surface area contributed by atoms with E-state index in [1.54, 1.807) is 36.4 Å². The number of carboxylic acid groups (broad SMARTS) is 1. The van der Waals surface area contributed by atoms with E-state index in [2.05, 4.69) is 41.7 Å². The highest BCUT2D eigenvalue weighted by Crippen LogP contribution is 2.49. The van der Waals surface area contributed by atoms with E-state index < -0.39 is 37.3 Å². The number of hydrogen-bond donors (Lipinski definition) is 1. The van der Waals surface area contributed by atoms with Crippen LogP contribution in [0.2, 0.25) is 5.02 Å². The summed E-state index contributed by atoms with van der Waals surface area (Å²) < 4.78 is 75.9. The third kappa shape index (κ3) is 10.6. The van der Waals surface area contributed by atoms with Crippen LogP contribution in [-0.2, 0) is 29.2 Å². The molecule has 1 saturated heterocycles. The Morgan fingerprint density at radius 1 is 0.984 bits per heavy atom. The molecule has 1 fully saturated rings. The van der Waals surface area contributed by atoms with E-state index in [0.29, 0.717) is 62.2 Å². The average molecular weight is 922 g/mol. The molecular formula is C45H44ClF4N7O6S. The summed E-state index contributed by atoms with van der Waals surface area (Å²) in [4.78, 5) is 38.7. The maximum absolute atomic E-state index is 14.3. The number of aliphatic carboxylic acids is 1. The summed E-state index contributed by atoms with van der Waals surface area (Å²) in [5, 5.41) is 11.7. The number of carboxylic acids is 1. The van der Waals surface area contributed by atoms with E-state index in [1.165, 1.54) is 36.0 Å². The first kappa shape index (κ1) is 44.9. The Balaban J connectivity index is 1.19. The Kier molecular flexibility index (Phi) is 13.8. The predicted octanol–water partition coefficient (Wildman–Crippen LogP) is 8.10. The molecule has 3 aliphatic rings. The van der Waals surface area contributed by atoms with Gasteiger partial charge in [0.15, 0.2) is 5.82 Å². The van der Waals surface area contributed by atoms with Crippen molar-refractivity contribution in [1.29, 1.82) is 0 Å². The zero-order valence-electron chi connectivity index (χ0n) is 34.9. The smallest absolute Gasteiger partial charge is 0.411 e. The molecule has 3 aliphatic heterocycles. The number of piperazine rings is 1. The average Bonchev–Trinajstić information content (AvgIpc) is 3.66. The number of fused-ring (bicyclic) bond motifs is 7. The number of alkyl halides is 3. The van der Waals surface area contributed by atoms with E-state index >= 15 is 0 Å². The number of benzene rings is 3. The van der Waals surface area contributed by atoms with Gasteiger partial charge >= 0.3 is 12.1 Å².